The summed E-state index contributed by atoms with van der Waals surface area (Å²) in [6, 6.07) is 8.27. The van der Waals surface area contributed by atoms with Crippen LogP contribution >= 0.6 is 27.5 Å². The summed E-state index contributed by atoms with van der Waals surface area (Å²) in [6.07, 6.45) is 1.86. The van der Waals surface area contributed by atoms with Crippen LogP contribution in [0.1, 0.15) is 29.3 Å². The first-order chi connectivity index (χ1) is 9.95. The first-order valence-corrected chi connectivity index (χ1v) is 7.95. The van der Waals surface area contributed by atoms with Crippen LogP contribution in [0, 0.1) is 13.8 Å². The lowest BCUT2D eigenvalue weighted by Crippen LogP contribution is -2.03. The Labute approximate surface area is 137 Å². The van der Waals surface area contributed by atoms with Crippen LogP contribution in [0.25, 0.3) is 16.9 Å². The number of fused-ring (bicyclic) bond motifs is 1. The van der Waals surface area contributed by atoms with Gasteiger partial charge in [-0.15, -0.1) is 11.6 Å². The Morgan fingerprint density at radius 3 is 2.57 bits per heavy atom. The van der Waals surface area contributed by atoms with Crippen LogP contribution in [0.15, 0.2) is 34.9 Å². The molecule has 5 heteroatoms. The van der Waals surface area contributed by atoms with E-state index in [0.717, 1.165) is 32.7 Å². The summed E-state index contributed by atoms with van der Waals surface area (Å²) in [7, 11) is 0. The topological polar surface area (TPSA) is 30.7 Å². The molecular formula is C16H15BrClN3. The number of benzene rings is 1. The van der Waals surface area contributed by atoms with Gasteiger partial charge in [0, 0.05) is 10.7 Å². The van der Waals surface area contributed by atoms with Crippen LogP contribution in [-0.2, 0) is 0 Å². The molecule has 0 amide bonds. The van der Waals surface area contributed by atoms with E-state index in [1.165, 1.54) is 5.56 Å². The zero-order chi connectivity index (χ0) is 15.1. The van der Waals surface area contributed by atoms with Gasteiger partial charge < -0.3 is 0 Å². The van der Waals surface area contributed by atoms with Gasteiger partial charge in [0.15, 0.2) is 5.65 Å². The molecule has 2 heterocycles. The Kier molecular flexibility index (Phi) is 3.76. The first-order valence-electron chi connectivity index (χ1n) is 6.72. The standard InChI is InChI=1S/C16H15BrClN3/c1-9-4-12(17)7-13(5-9)21-15(11(3)18)20-14-6-10(2)8-19-16(14)21/h4-8,11H,1-3H3. The number of hydrogen-bond donors (Lipinski definition) is 0. The van der Waals surface area contributed by atoms with Gasteiger partial charge in [-0.05, 0) is 56.2 Å². The number of rotatable bonds is 2. The second-order valence-corrected chi connectivity index (χ2v) is 6.83. The highest BCUT2D eigenvalue weighted by Gasteiger charge is 2.17. The summed E-state index contributed by atoms with van der Waals surface area (Å²) in [6.45, 7) is 6.00. The SMILES string of the molecule is Cc1cc(Br)cc(-n2c(C(C)Cl)nc3cc(C)cnc32)c1. The Morgan fingerprint density at radius 2 is 1.90 bits per heavy atom. The van der Waals surface area contributed by atoms with Gasteiger partial charge in [-0.3, -0.25) is 4.57 Å². The fourth-order valence-electron chi connectivity index (χ4n) is 2.45. The van der Waals surface area contributed by atoms with Crippen molar-refractivity contribution in [1.82, 2.24) is 14.5 Å². The average Bonchev–Trinajstić information content (AvgIpc) is 2.76. The molecule has 3 rings (SSSR count). The highest BCUT2D eigenvalue weighted by atomic mass is 79.9. The van der Waals surface area contributed by atoms with Crippen molar-refractivity contribution in [3.63, 3.8) is 0 Å². The Balaban J connectivity index is 2.36. The lowest BCUT2D eigenvalue weighted by Gasteiger charge is -2.11. The summed E-state index contributed by atoms with van der Waals surface area (Å²) in [5.41, 5.74) is 4.98. The minimum atomic E-state index is -0.196. The van der Waals surface area contributed by atoms with Gasteiger partial charge >= 0.3 is 0 Å². The van der Waals surface area contributed by atoms with E-state index in [9.17, 15) is 0 Å². The number of aryl methyl sites for hydroxylation is 2. The maximum absolute atomic E-state index is 6.33. The van der Waals surface area contributed by atoms with Gasteiger partial charge in [0.25, 0.3) is 0 Å². The van der Waals surface area contributed by atoms with Crippen molar-refractivity contribution in [2.24, 2.45) is 0 Å². The normalized spacial score (nSPS) is 12.8. The van der Waals surface area contributed by atoms with E-state index >= 15 is 0 Å². The summed E-state index contributed by atoms with van der Waals surface area (Å²) in [5.74, 6) is 0.808. The molecule has 108 valence electrons. The number of aromatic nitrogens is 3. The number of nitrogens with zero attached hydrogens (tertiary/aromatic N) is 3. The lowest BCUT2D eigenvalue weighted by molar-refractivity contribution is 0.876. The monoisotopic (exact) mass is 363 g/mol. The molecule has 1 aromatic carbocycles. The third-order valence-electron chi connectivity index (χ3n) is 3.30. The van der Waals surface area contributed by atoms with Crippen molar-refractivity contribution in [1.29, 1.82) is 0 Å². The van der Waals surface area contributed by atoms with Crippen LogP contribution < -0.4 is 0 Å². The average molecular weight is 365 g/mol. The van der Waals surface area contributed by atoms with Crippen molar-refractivity contribution in [2.45, 2.75) is 26.1 Å². The molecule has 1 atom stereocenters. The van der Waals surface area contributed by atoms with Crippen molar-refractivity contribution >= 4 is 38.7 Å². The van der Waals surface area contributed by atoms with Gasteiger partial charge in [-0.2, -0.15) is 0 Å². The van der Waals surface area contributed by atoms with E-state index in [4.69, 9.17) is 11.6 Å². The van der Waals surface area contributed by atoms with Crippen molar-refractivity contribution in [3.8, 4) is 5.69 Å². The number of hydrogen-bond acceptors (Lipinski definition) is 2. The molecule has 0 radical (unpaired) electrons. The third kappa shape index (κ3) is 2.70. The van der Waals surface area contributed by atoms with Gasteiger partial charge in [-0.1, -0.05) is 15.9 Å². The number of alkyl halides is 1. The summed E-state index contributed by atoms with van der Waals surface area (Å²) in [4.78, 5) is 9.21. The zero-order valence-corrected chi connectivity index (χ0v) is 14.4. The molecule has 0 fully saturated rings. The van der Waals surface area contributed by atoms with Gasteiger partial charge in [-0.25, -0.2) is 9.97 Å². The van der Waals surface area contributed by atoms with E-state index in [1.807, 2.05) is 30.7 Å². The van der Waals surface area contributed by atoms with Crippen molar-refractivity contribution < 1.29 is 0 Å². The second-order valence-electron chi connectivity index (χ2n) is 5.26. The number of imidazole rings is 1. The molecule has 2 aromatic heterocycles. The van der Waals surface area contributed by atoms with Crippen LogP contribution in [-0.4, -0.2) is 14.5 Å². The predicted molar refractivity (Wildman–Crippen MR) is 90.3 cm³/mol. The number of halogens is 2. The van der Waals surface area contributed by atoms with E-state index in [-0.39, 0.29) is 5.38 Å². The smallest absolute Gasteiger partial charge is 0.164 e. The molecule has 0 saturated carbocycles. The van der Waals surface area contributed by atoms with Gasteiger partial charge in [0.05, 0.1) is 11.1 Å². The highest BCUT2D eigenvalue weighted by Crippen LogP contribution is 2.29. The first kappa shape index (κ1) is 14.5. The molecule has 0 N–H and O–H groups in total. The Morgan fingerprint density at radius 1 is 1.14 bits per heavy atom. The van der Waals surface area contributed by atoms with E-state index in [1.54, 1.807) is 0 Å². The molecule has 3 nitrogen and oxygen atoms in total. The Bertz CT molecular complexity index is 803. The minimum Gasteiger partial charge on any atom is -0.279 e. The molecule has 0 aliphatic rings. The van der Waals surface area contributed by atoms with E-state index in [2.05, 4.69) is 51.0 Å². The summed E-state index contributed by atoms with van der Waals surface area (Å²) >= 11 is 9.87. The molecule has 1 unspecified atom stereocenters. The van der Waals surface area contributed by atoms with Crippen LogP contribution in [0.5, 0.6) is 0 Å². The molecule has 0 bridgehead atoms. The van der Waals surface area contributed by atoms with E-state index in [0.29, 0.717) is 0 Å². The third-order valence-corrected chi connectivity index (χ3v) is 3.95. The zero-order valence-electron chi connectivity index (χ0n) is 12.1. The quantitative estimate of drug-likeness (QED) is 0.592. The molecule has 21 heavy (non-hydrogen) atoms. The Hall–Kier alpha value is -1.39. The summed E-state index contributed by atoms with van der Waals surface area (Å²) < 4.78 is 3.06. The summed E-state index contributed by atoms with van der Waals surface area (Å²) in [5, 5.41) is -0.196. The minimum absolute atomic E-state index is 0.196. The lowest BCUT2D eigenvalue weighted by atomic mass is 10.2. The molecule has 3 aromatic rings. The van der Waals surface area contributed by atoms with E-state index < -0.39 is 0 Å². The molecule has 0 saturated heterocycles. The fourth-order valence-corrected chi connectivity index (χ4v) is 3.19. The number of pyridine rings is 1. The van der Waals surface area contributed by atoms with Crippen molar-refractivity contribution in [3.05, 3.63) is 51.9 Å². The largest absolute Gasteiger partial charge is 0.279 e. The molecule has 0 spiro atoms. The molecular weight excluding hydrogens is 350 g/mol. The maximum Gasteiger partial charge on any atom is 0.164 e. The van der Waals surface area contributed by atoms with Gasteiger partial charge in [0.2, 0.25) is 0 Å². The van der Waals surface area contributed by atoms with Crippen LogP contribution in [0.3, 0.4) is 0 Å². The fraction of sp³-hybridized carbons (Fsp3) is 0.250. The maximum atomic E-state index is 6.33. The van der Waals surface area contributed by atoms with Gasteiger partial charge in [0.1, 0.15) is 11.3 Å². The second kappa shape index (κ2) is 5.43. The molecule has 0 aliphatic heterocycles. The highest BCUT2D eigenvalue weighted by molar-refractivity contribution is 9.10. The molecule has 0 aliphatic carbocycles. The predicted octanol–water partition coefficient (Wildman–Crippen LogP) is 5.10. The van der Waals surface area contributed by atoms with Crippen molar-refractivity contribution in [2.75, 3.05) is 0 Å². The van der Waals surface area contributed by atoms with Crippen LogP contribution in [0.2, 0.25) is 0 Å². The van der Waals surface area contributed by atoms with Crippen LogP contribution in [0.4, 0.5) is 0 Å².